The molecule has 0 atom stereocenters. The molecule has 1 N–H and O–H groups in total. The van der Waals surface area contributed by atoms with Gasteiger partial charge in [0.2, 0.25) is 11.8 Å². The maximum Gasteiger partial charge on any atom is 0.309 e. The molecule has 0 aromatic carbocycles. The van der Waals surface area contributed by atoms with Gasteiger partial charge in [-0.1, -0.05) is 0 Å². The maximum atomic E-state index is 11.1. The standard InChI is InChI=1S/C11H17N3O3/c1-8-12-13-9(17-8)7-14-5-3-11(2,4-6-14)10(15)16/h3-7H2,1-2H3,(H,15,16). The van der Waals surface area contributed by atoms with E-state index in [4.69, 9.17) is 9.52 Å². The molecule has 0 radical (unpaired) electrons. The summed E-state index contributed by atoms with van der Waals surface area (Å²) in [5.74, 6) is 0.458. The second-order valence-electron chi connectivity index (χ2n) is 4.86. The third-order valence-corrected chi connectivity index (χ3v) is 3.40. The van der Waals surface area contributed by atoms with Crippen LogP contribution < -0.4 is 0 Å². The fourth-order valence-corrected chi connectivity index (χ4v) is 2.01. The van der Waals surface area contributed by atoms with Gasteiger partial charge in [-0.3, -0.25) is 9.69 Å². The summed E-state index contributed by atoms with van der Waals surface area (Å²) in [5.41, 5.74) is -0.582. The predicted octanol–water partition coefficient (Wildman–Crippen LogP) is 1.06. The van der Waals surface area contributed by atoms with Crippen LogP contribution in [0.25, 0.3) is 0 Å². The van der Waals surface area contributed by atoms with E-state index >= 15 is 0 Å². The van der Waals surface area contributed by atoms with Crippen LogP contribution in [0.4, 0.5) is 0 Å². The number of carbonyl (C=O) groups is 1. The lowest BCUT2D eigenvalue weighted by Crippen LogP contribution is -2.42. The number of rotatable bonds is 3. The monoisotopic (exact) mass is 239 g/mol. The Morgan fingerprint density at radius 3 is 2.59 bits per heavy atom. The van der Waals surface area contributed by atoms with Crippen LogP contribution >= 0.6 is 0 Å². The Hall–Kier alpha value is -1.43. The van der Waals surface area contributed by atoms with Crippen molar-refractivity contribution in [3.63, 3.8) is 0 Å². The number of aromatic nitrogens is 2. The third kappa shape index (κ3) is 2.63. The van der Waals surface area contributed by atoms with Gasteiger partial charge < -0.3 is 9.52 Å². The number of aliphatic carboxylic acids is 1. The fourth-order valence-electron chi connectivity index (χ4n) is 2.01. The zero-order valence-electron chi connectivity index (χ0n) is 10.1. The van der Waals surface area contributed by atoms with Gasteiger partial charge >= 0.3 is 5.97 Å². The van der Waals surface area contributed by atoms with Gasteiger partial charge in [-0.2, -0.15) is 0 Å². The summed E-state index contributed by atoms with van der Waals surface area (Å²) in [6.07, 6.45) is 1.32. The lowest BCUT2D eigenvalue weighted by atomic mass is 9.80. The highest BCUT2D eigenvalue weighted by Crippen LogP contribution is 2.31. The molecule has 0 aliphatic carbocycles. The van der Waals surface area contributed by atoms with Crippen LogP contribution in [0.5, 0.6) is 0 Å². The minimum atomic E-state index is -0.703. The van der Waals surface area contributed by atoms with Gasteiger partial charge in [0.25, 0.3) is 0 Å². The Morgan fingerprint density at radius 1 is 1.47 bits per heavy atom. The average Bonchev–Trinajstić information content (AvgIpc) is 2.67. The minimum Gasteiger partial charge on any atom is -0.481 e. The smallest absolute Gasteiger partial charge is 0.309 e. The number of hydrogen-bond donors (Lipinski definition) is 1. The normalized spacial score (nSPS) is 20.4. The van der Waals surface area contributed by atoms with E-state index in [1.807, 2.05) is 6.92 Å². The van der Waals surface area contributed by atoms with E-state index in [2.05, 4.69) is 15.1 Å². The summed E-state index contributed by atoms with van der Waals surface area (Å²) in [5, 5.41) is 16.8. The first-order chi connectivity index (χ1) is 7.99. The number of carboxylic acids is 1. The molecule has 2 heterocycles. The largest absolute Gasteiger partial charge is 0.481 e. The molecule has 1 aliphatic rings. The zero-order chi connectivity index (χ0) is 12.5. The van der Waals surface area contributed by atoms with Crippen LogP contribution in [0.15, 0.2) is 4.42 Å². The van der Waals surface area contributed by atoms with Crippen LogP contribution in [0.2, 0.25) is 0 Å². The number of aryl methyl sites for hydroxylation is 1. The van der Waals surface area contributed by atoms with Crippen molar-refractivity contribution in [2.24, 2.45) is 5.41 Å². The summed E-state index contributed by atoms with van der Waals surface area (Å²) < 4.78 is 5.31. The Morgan fingerprint density at radius 2 is 2.12 bits per heavy atom. The van der Waals surface area contributed by atoms with E-state index in [9.17, 15) is 4.79 Å². The van der Waals surface area contributed by atoms with E-state index in [-0.39, 0.29) is 0 Å². The van der Waals surface area contributed by atoms with Crippen molar-refractivity contribution < 1.29 is 14.3 Å². The zero-order valence-corrected chi connectivity index (χ0v) is 10.1. The molecule has 0 spiro atoms. The average molecular weight is 239 g/mol. The van der Waals surface area contributed by atoms with Crippen molar-refractivity contribution >= 4 is 5.97 Å². The lowest BCUT2D eigenvalue weighted by molar-refractivity contribution is -0.150. The van der Waals surface area contributed by atoms with E-state index in [1.165, 1.54) is 0 Å². The van der Waals surface area contributed by atoms with Gasteiger partial charge in [0.05, 0.1) is 12.0 Å². The molecule has 1 aliphatic heterocycles. The molecule has 94 valence electrons. The number of hydrogen-bond acceptors (Lipinski definition) is 5. The van der Waals surface area contributed by atoms with Crippen molar-refractivity contribution in [3.05, 3.63) is 11.8 Å². The van der Waals surface area contributed by atoms with Gasteiger partial charge in [0.1, 0.15) is 0 Å². The van der Waals surface area contributed by atoms with E-state index < -0.39 is 11.4 Å². The third-order valence-electron chi connectivity index (χ3n) is 3.40. The predicted molar refractivity (Wildman–Crippen MR) is 59.3 cm³/mol. The SMILES string of the molecule is Cc1nnc(CN2CCC(C)(C(=O)O)CC2)o1. The van der Waals surface area contributed by atoms with E-state index in [1.54, 1.807) is 6.92 Å². The molecule has 17 heavy (non-hydrogen) atoms. The number of likely N-dealkylation sites (tertiary alicyclic amines) is 1. The first-order valence-corrected chi connectivity index (χ1v) is 5.74. The fraction of sp³-hybridized carbons (Fsp3) is 0.727. The molecule has 1 saturated heterocycles. The van der Waals surface area contributed by atoms with Crippen molar-refractivity contribution in [3.8, 4) is 0 Å². The van der Waals surface area contributed by atoms with E-state index in [0.29, 0.717) is 31.2 Å². The molecule has 0 bridgehead atoms. The maximum absolute atomic E-state index is 11.1. The second-order valence-corrected chi connectivity index (χ2v) is 4.86. The van der Waals surface area contributed by atoms with Crippen LogP contribution in [0.1, 0.15) is 31.5 Å². The molecule has 0 amide bonds. The quantitative estimate of drug-likeness (QED) is 0.849. The summed E-state index contributed by atoms with van der Waals surface area (Å²) in [6, 6.07) is 0. The van der Waals surface area contributed by atoms with E-state index in [0.717, 1.165) is 13.1 Å². The summed E-state index contributed by atoms with van der Waals surface area (Å²) in [6.45, 7) is 5.68. The number of piperidine rings is 1. The minimum absolute atomic E-state index is 0.562. The first kappa shape index (κ1) is 12.0. The van der Waals surface area contributed by atoms with Crippen molar-refractivity contribution in [1.29, 1.82) is 0 Å². The van der Waals surface area contributed by atoms with Crippen molar-refractivity contribution in [2.45, 2.75) is 33.2 Å². The molecule has 0 unspecified atom stereocenters. The van der Waals surface area contributed by atoms with Gasteiger partial charge in [-0.05, 0) is 32.9 Å². The molecule has 6 heteroatoms. The molecule has 1 aromatic rings. The Labute approximate surface area is 99.6 Å². The first-order valence-electron chi connectivity index (χ1n) is 5.74. The summed E-state index contributed by atoms with van der Waals surface area (Å²) in [7, 11) is 0. The topological polar surface area (TPSA) is 79.5 Å². The second kappa shape index (κ2) is 4.44. The molecule has 1 aromatic heterocycles. The molecular weight excluding hydrogens is 222 g/mol. The molecular formula is C11H17N3O3. The van der Waals surface area contributed by atoms with Gasteiger partial charge in [0, 0.05) is 6.92 Å². The van der Waals surface area contributed by atoms with Crippen LogP contribution in [0, 0.1) is 12.3 Å². The van der Waals surface area contributed by atoms with Crippen LogP contribution in [0.3, 0.4) is 0 Å². The Kier molecular flexibility index (Phi) is 3.15. The van der Waals surface area contributed by atoms with Gasteiger partial charge in [0.15, 0.2) is 0 Å². The van der Waals surface area contributed by atoms with Crippen molar-refractivity contribution in [2.75, 3.05) is 13.1 Å². The number of carboxylic acid groups (broad SMARTS) is 1. The van der Waals surface area contributed by atoms with Gasteiger partial charge in [-0.25, -0.2) is 0 Å². The van der Waals surface area contributed by atoms with Crippen molar-refractivity contribution in [1.82, 2.24) is 15.1 Å². The van der Waals surface area contributed by atoms with Crippen LogP contribution in [-0.2, 0) is 11.3 Å². The Balaban J connectivity index is 1.89. The highest BCUT2D eigenvalue weighted by atomic mass is 16.4. The van der Waals surface area contributed by atoms with Gasteiger partial charge in [-0.15, -0.1) is 10.2 Å². The summed E-state index contributed by atoms with van der Waals surface area (Å²) >= 11 is 0. The highest BCUT2D eigenvalue weighted by Gasteiger charge is 2.36. The molecule has 6 nitrogen and oxygen atoms in total. The van der Waals surface area contributed by atoms with Crippen LogP contribution in [-0.4, -0.2) is 39.3 Å². The number of nitrogens with zero attached hydrogens (tertiary/aromatic N) is 3. The summed E-state index contributed by atoms with van der Waals surface area (Å²) in [4.78, 5) is 13.2. The lowest BCUT2D eigenvalue weighted by Gasteiger charge is -2.35. The highest BCUT2D eigenvalue weighted by molar-refractivity contribution is 5.74. The Bertz CT molecular complexity index is 408. The molecule has 2 rings (SSSR count). The molecule has 0 saturated carbocycles. The molecule has 1 fully saturated rings.